The van der Waals surface area contributed by atoms with Crippen LogP contribution < -0.4 is 0 Å². The number of carbonyl (C=O) groups is 1. The van der Waals surface area contributed by atoms with Crippen LogP contribution in [-0.4, -0.2) is 29.1 Å². The maximum Gasteiger partial charge on any atom is 0.366 e. The molecule has 2 N–H and O–H groups in total. The molecule has 0 aromatic rings. The van der Waals surface area contributed by atoms with Gasteiger partial charge in [0, 0.05) is 6.42 Å². The second-order valence-electron chi connectivity index (χ2n) is 8.09. The van der Waals surface area contributed by atoms with Crippen molar-refractivity contribution < 1.29 is 19.7 Å². The highest BCUT2D eigenvalue weighted by atomic mass is 16.6. The van der Waals surface area contributed by atoms with Crippen LogP contribution in [0, 0.1) is 5.92 Å². The normalized spacial score (nSPS) is 17.2. The van der Waals surface area contributed by atoms with Crippen molar-refractivity contribution in [3.63, 3.8) is 0 Å². The minimum atomic E-state index is -2.50. The van der Waals surface area contributed by atoms with Gasteiger partial charge in [-0.3, -0.25) is 0 Å². The van der Waals surface area contributed by atoms with E-state index in [0.717, 1.165) is 31.9 Å². The number of allylic oxidation sites excluding steroid dienone is 4. The molecule has 0 aromatic carbocycles. The predicted molar refractivity (Wildman–Crippen MR) is 114 cm³/mol. The first-order chi connectivity index (χ1) is 13.2. The summed E-state index contributed by atoms with van der Waals surface area (Å²) in [5.41, 5.74) is 7.77. The maximum atomic E-state index is 11.4. The average molecular weight is 391 g/mol. The summed E-state index contributed by atoms with van der Waals surface area (Å²) in [7, 11) is 1.14. The Morgan fingerprint density at radius 2 is 1.96 bits per heavy atom. The molecule has 4 nitrogen and oxygen atoms in total. The van der Waals surface area contributed by atoms with E-state index >= 15 is 0 Å². The van der Waals surface area contributed by atoms with Gasteiger partial charge < -0.3 is 14.9 Å². The standard InChI is InChI=1S/C24H38O4/c1-6-7-8-9-10-11-12-21-14-13-20(4)22(21)16-18(2)15-19(3)17-24(26,27)23(25)28-5/h11-12,20,26-27H,6-10,13-14,16-17H2,1-5H3/t15?,20-/m0/s1. The largest absolute Gasteiger partial charge is 0.465 e. The minimum absolute atomic E-state index is 0.212. The first kappa shape index (κ1) is 24.4. The lowest BCUT2D eigenvalue weighted by atomic mass is 9.95. The summed E-state index contributed by atoms with van der Waals surface area (Å²) < 4.78 is 4.42. The fourth-order valence-corrected chi connectivity index (χ4v) is 3.76. The summed E-state index contributed by atoms with van der Waals surface area (Å²) in [4.78, 5) is 11.4. The van der Waals surface area contributed by atoms with Gasteiger partial charge in [-0.2, -0.15) is 0 Å². The maximum absolute atomic E-state index is 11.4. The van der Waals surface area contributed by atoms with Crippen molar-refractivity contribution in [3.05, 3.63) is 40.2 Å². The van der Waals surface area contributed by atoms with Crippen LogP contribution in [0.3, 0.4) is 0 Å². The Balaban J connectivity index is 2.81. The van der Waals surface area contributed by atoms with Crippen LogP contribution in [0.2, 0.25) is 0 Å². The number of methoxy groups -OCH3 is 1. The van der Waals surface area contributed by atoms with E-state index in [1.165, 1.54) is 43.3 Å². The number of unbranched alkanes of at least 4 members (excludes halogenated alkanes) is 4. The number of ether oxygens (including phenoxy) is 1. The summed E-state index contributed by atoms with van der Waals surface area (Å²) in [6.45, 7) is 8.25. The summed E-state index contributed by atoms with van der Waals surface area (Å²) in [6, 6.07) is 0. The monoisotopic (exact) mass is 390 g/mol. The average Bonchev–Trinajstić information content (AvgIpc) is 2.96. The molecule has 0 spiro atoms. The molecule has 0 radical (unpaired) electrons. The van der Waals surface area contributed by atoms with Gasteiger partial charge >= 0.3 is 5.97 Å². The van der Waals surface area contributed by atoms with Crippen LogP contribution in [0.15, 0.2) is 40.2 Å². The lowest BCUT2D eigenvalue weighted by Gasteiger charge is -2.18. The van der Waals surface area contributed by atoms with Crippen molar-refractivity contribution in [3.8, 4) is 0 Å². The molecule has 28 heavy (non-hydrogen) atoms. The van der Waals surface area contributed by atoms with Crippen LogP contribution in [0.1, 0.15) is 85.5 Å². The zero-order valence-electron chi connectivity index (χ0n) is 18.3. The van der Waals surface area contributed by atoms with E-state index in [9.17, 15) is 15.0 Å². The van der Waals surface area contributed by atoms with Crippen molar-refractivity contribution in [2.75, 3.05) is 7.11 Å². The van der Waals surface area contributed by atoms with Crippen molar-refractivity contribution in [2.45, 2.75) is 91.3 Å². The van der Waals surface area contributed by atoms with Gasteiger partial charge in [-0.05, 0) is 68.6 Å². The van der Waals surface area contributed by atoms with Gasteiger partial charge in [0.2, 0.25) is 0 Å². The lowest BCUT2D eigenvalue weighted by molar-refractivity contribution is -0.206. The molecule has 0 fully saturated rings. The van der Waals surface area contributed by atoms with E-state index in [1.807, 2.05) is 6.92 Å². The van der Waals surface area contributed by atoms with Crippen LogP contribution in [-0.2, 0) is 9.53 Å². The molecule has 0 aliphatic heterocycles. The number of aliphatic hydroxyl groups is 2. The number of hydrogen-bond acceptors (Lipinski definition) is 4. The third-order valence-corrected chi connectivity index (χ3v) is 5.30. The van der Waals surface area contributed by atoms with Crippen LogP contribution in [0.4, 0.5) is 0 Å². The van der Waals surface area contributed by atoms with E-state index < -0.39 is 11.8 Å². The Morgan fingerprint density at radius 3 is 2.61 bits per heavy atom. The number of esters is 1. The van der Waals surface area contributed by atoms with Gasteiger partial charge in [-0.25, -0.2) is 4.79 Å². The van der Waals surface area contributed by atoms with Gasteiger partial charge in [-0.1, -0.05) is 50.8 Å². The predicted octanol–water partition coefficient (Wildman–Crippen LogP) is 5.37. The first-order valence-corrected chi connectivity index (χ1v) is 10.5. The van der Waals surface area contributed by atoms with Crippen molar-refractivity contribution in [2.24, 2.45) is 5.92 Å². The molecule has 0 bridgehead atoms. The highest BCUT2D eigenvalue weighted by molar-refractivity contribution is 5.77. The third-order valence-electron chi connectivity index (χ3n) is 5.30. The zero-order valence-corrected chi connectivity index (χ0v) is 18.3. The fourth-order valence-electron chi connectivity index (χ4n) is 3.76. The van der Waals surface area contributed by atoms with Crippen molar-refractivity contribution in [1.82, 2.24) is 0 Å². The molecule has 1 aliphatic rings. The fraction of sp³-hybridized carbons (Fsp3) is 0.667. The Morgan fingerprint density at radius 1 is 1.25 bits per heavy atom. The quantitative estimate of drug-likeness (QED) is 0.215. The van der Waals surface area contributed by atoms with Gasteiger partial charge in [0.25, 0.3) is 5.79 Å². The molecule has 0 unspecified atom stereocenters. The van der Waals surface area contributed by atoms with Gasteiger partial charge in [0.15, 0.2) is 0 Å². The SMILES string of the molecule is CCCCCCC=CC1=C(CC(C)=C=C(C)CC(O)(O)C(=O)OC)[C@@H](C)CC1. The Labute approximate surface area is 170 Å². The highest BCUT2D eigenvalue weighted by Crippen LogP contribution is 2.36. The molecule has 1 rings (SSSR count). The number of hydrogen-bond donors (Lipinski definition) is 2. The van der Waals surface area contributed by atoms with Gasteiger partial charge in [0.05, 0.1) is 7.11 Å². The van der Waals surface area contributed by atoms with Crippen molar-refractivity contribution >= 4 is 5.97 Å². The summed E-state index contributed by atoms with van der Waals surface area (Å²) in [6.07, 6.45) is 13.8. The van der Waals surface area contributed by atoms with Gasteiger partial charge in [0.1, 0.15) is 0 Å². The molecule has 158 valence electrons. The first-order valence-electron chi connectivity index (χ1n) is 10.5. The number of carbonyl (C=O) groups excluding carboxylic acids is 1. The smallest absolute Gasteiger partial charge is 0.366 e. The van der Waals surface area contributed by atoms with E-state index in [2.05, 4.69) is 36.5 Å². The minimum Gasteiger partial charge on any atom is -0.465 e. The molecule has 0 amide bonds. The Bertz CT molecular complexity index is 646. The lowest BCUT2D eigenvalue weighted by Crippen LogP contribution is -2.39. The molecule has 1 aliphatic carbocycles. The topological polar surface area (TPSA) is 66.8 Å². The molecular formula is C24H38O4. The van der Waals surface area contributed by atoms with Crippen LogP contribution >= 0.6 is 0 Å². The summed E-state index contributed by atoms with van der Waals surface area (Å²) in [5, 5.41) is 19.6. The molecule has 0 heterocycles. The molecule has 0 aromatic heterocycles. The second-order valence-corrected chi connectivity index (χ2v) is 8.09. The number of rotatable bonds is 11. The molecule has 1 atom stereocenters. The van der Waals surface area contributed by atoms with E-state index in [1.54, 1.807) is 6.92 Å². The molecular weight excluding hydrogens is 352 g/mol. The zero-order chi connectivity index (χ0) is 21.2. The second kappa shape index (κ2) is 12.1. The van der Waals surface area contributed by atoms with Gasteiger partial charge in [-0.15, -0.1) is 5.73 Å². The Hall–Kier alpha value is -1.61. The highest BCUT2D eigenvalue weighted by Gasteiger charge is 2.34. The molecule has 0 saturated heterocycles. The van der Waals surface area contributed by atoms with Crippen molar-refractivity contribution in [1.29, 1.82) is 0 Å². The van der Waals surface area contributed by atoms with E-state index in [4.69, 9.17) is 0 Å². The molecule has 4 heteroatoms. The van der Waals surface area contributed by atoms with Crippen LogP contribution in [0.25, 0.3) is 0 Å². The summed E-state index contributed by atoms with van der Waals surface area (Å²) in [5.74, 6) is -3.00. The Kier molecular flexibility index (Phi) is 10.5. The van der Waals surface area contributed by atoms with E-state index in [-0.39, 0.29) is 6.42 Å². The van der Waals surface area contributed by atoms with E-state index in [0.29, 0.717) is 11.5 Å². The molecule has 0 saturated carbocycles. The van der Waals surface area contributed by atoms with Crippen LogP contribution in [0.5, 0.6) is 0 Å². The summed E-state index contributed by atoms with van der Waals surface area (Å²) >= 11 is 0. The third kappa shape index (κ3) is 8.18.